The highest BCUT2D eigenvalue weighted by Gasteiger charge is 2.22. The summed E-state index contributed by atoms with van der Waals surface area (Å²) in [4.78, 5) is 18.0. The van der Waals surface area contributed by atoms with E-state index in [-0.39, 0.29) is 28.6 Å². The number of ether oxygens (including phenoxy) is 2. The van der Waals surface area contributed by atoms with Crippen molar-refractivity contribution in [2.75, 3.05) is 32.7 Å². The molecule has 0 aliphatic heterocycles. The Kier molecular flexibility index (Phi) is 5.87. The first-order chi connectivity index (χ1) is 8.99. The maximum atomic E-state index is 11.0. The molecule has 106 valence electrons. The third-order valence-electron chi connectivity index (χ3n) is 2.40. The summed E-state index contributed by atoms with van der Waals surface area (Å²) >= 11 is 5.70. The molecule has 1 aromatic rings. The smallest absolute Gasteiger partial charge is 0.332 e. The largest absolute Gasteiger partial charge is 0.382 e. The number of aromatic nitrogens is 2. The summed E-state index contributed by atoms with van der Waals surface area (Å²) in [7, 11) is 3.07. The van der Waals surface area contributed by atoms with Crippen molar-refractivity contribution in [1.29, 1.82) is 0 Å². The van der Waals surface area contributed by atoms with Crippen molar-refractivity contribution in [2.45, 2.75) is 13.0 Å². The number of nitrogens with zero attached hydrogens (tertiary/aromatic N) is 3. The zero-order valence-corrected chi connectivity index (χ0v) is 11.6. The first-order valence-corrected chi connectivity index (χ1v) is 5.81. The van der Waals surface area contributed by atoms with Gasteiger partial charge in [-0.1, -0.05) is 0 Å². The molecule has 0 aliphatic carbocycles. The maximum Gasteiger partial charge on any atom is 0.332 e. The van der Waals surface area contributed by atoms with Gasteiger partial charge in [-0.3, -0.25) is 10.1 Å². The lowest BCUT2D eigenvalue weighted by Gasteiger charge is -2.15. The van der Waals surface area contributed by atoms with Crippen LogP contribution in [0.1, 0.15) is 5.69 Å². The van der Waals surface area contributed by atoms with Crippen LogP contribution in [0.5, 0.6) is 0 Å². The molecule has 0 fully saturated rings. The molecule has 0 bridgehead atoms. The molecule has 0 saturated heterocycles. The third kappa shape index (κ3) is 4.27. The van der Waals surface area contributed by atoms with E-state index in [1.165, 1.54) is 14.0 Å². The van der Waals surface area contributed by atoms with Crippen LogP contribution in [-0.2, 0) is 9.47 Å². The Morgan fingerprint density at radius 1 is 1.47 bits per heavy atom. The summed E-state index contributed by atoms with van der Waals surface area (Å²) in [6.07, 6.45) is -0.251. The lowest BCUT2D eigenvalue weighted by Crippen LogP contribution is -2.27. The number of hydrogen-bond donors (Lipinski definition) is 1. The van der Waals surface area contributed by atoms with Crippen molar-refractivity contribution >= 4 is 23.1 Å². The molecule has 0 saturated carbocycles. The summed E-state index contributed by atoms with van der Waals surface area (Å²) in [6.45, 7) is 2.16. The number of aryl methyl sites for hydroxylation is 1. The van der Waals surface area contributed by atoms with Gasteiger partial charge in [0.05, 0.1) is 17.6 Å². The molecule has 0 spiro atoms. The van der Waals surface area contributed by atoms with Crippen molar-refractivity contribution in [3.8, 4) is 0 Å². The molecular weight excluding hydrogens is 276 g/mol. The average molecular weight is 291 g/mol. The molecule has 0 aromatic carbocycles. The molecule has 9 heteroatoms. The van der Waals surface area contributed by atoms with Crippen molar-refractivity contribution < 1.29 is 14.4 Å². The second kappa shape index (κ2) is 7.17. The standard InChI is InChI=1S/C10H15ClN4O4/c1-6-8(15(16)17)9(14-10(11)13-6)12-4-7(19-3)5-18-2/h7H,4-5H2,1-3H3,(H,12,13,14). The summed E-state index contributed by atoms with van der Waals surface area (Å²) in [5, 5.41) is 13.8. The van der Waals surface area contributed by atoms with Gasteiger partial charge in [-0.2, -0.15) is 4.98 Å². The van der Waals surface area contributed by atoms with Crippen molar-refractivity contribution in [3.05, 3.63) is 21.1 Å². The second-order valence-electron chi connectivity index (χ2n) is 3.73. The van der Waals surface area contributed by atoms with Crippen molar-refractivity contribution in [1.82, 2.24) is 9.97 Å². The molecule has 0 radical (unpaired) electrons. The first kappa shape index (κ1) is 15.5. The van der Waals surface area contributed by atoms with Crippen LogP contribution in [0.15, 0.2) is 0 Å². The van der Waals surface area contributed by atoms with Gasteiger partial charge < -0.3 is 14.8 Å². The summed E-state index contributed by atoms with van der Waals surface area (Å²) in [5.41, 5.74) is 0.00452. The zero-order chi connectivity index (χ0) is 14.4. The van der Waals surface area contributed by atoms with E-state index in [2.05, 4.69) is 15.3 Å². The van der Waals surface area contributed by atoms with Crippen LogP contribution < -0.4 is 5.32 Å². The quantitative estimate of drug-likeness (QED) is 0.460. The number of nitro groups is 1. The van der Waals surface area contributed by atoms with E-state index in [0.717, 1.165) is 0 Å². The monoisotopic (exact) mass is 290 g/mol. The minimum absolute atomic E-state index is 0.0497. The van der Waals surface area contributed by atoms with Crippen LogP contribution in [0.4, 0.5) is 11.5 Å². The lowest BCUT2D eigenvalue weighted by molar-refractivity contribution is -0.385. The van der Waals surface area contributed by atoms with E-state index in [1.54, 1.807) is 7.11 Å². The maximum absolute atomic E-state index is 11.0. The number of methoxy groups -OCH3 is 2. The van der Waals surface area contributed by atoms with Gasteiger partial charge in [-0.15, -0.1) is 0 Å². The fourth-order valence-electron chi connectivity index (χ4n) is 1.48. The Morgan fingerprint density at radius 2 is 2.16 bits per heavy atom. The normalized spacial score (nSPS) is 12.2. The summed E-state index contributed by atoms with van der Waals surface area (Å²) in [6, 6.07) is 0. The number of hydrogen-bond acceptors (Lipinski definition) is 7. The van der Waals surface area contributed by atoms with Gasteiger partial charge in [0, 0.05) is 20.8 Å². The van der Waals surface area contributed by atoms with Gasteiger partial charge in [0.25, 0.3) is 0 Å². The molecule has 1 unspecified atom stereocenters. The SMILES string of the molecule is COCC(CNc1nc(Cl)nc(C)c1[N+](=O)[O-])OC. The molecule has 1 atom stereocenters. The molecular formula is C10H15ClN4O4. The Balaban J connectivity index is 2.90. The van der Waals surface area contributed by atoms with Crippen LogP contribution >= 0.6 is 11.6 Å². The Labute approximate surface area is 115 Å². The average Bonchev–Trinajstić information content (AvgIpc) is 2.32. The minimum Gasteiger partial charge on any atom is -0.382 e. The van der Waals surface area contributed by atoms with Gasteiger partial charge in [-0.05, 0) is 18.5 Å². The topological polar surface area (TPSA) is 99.4 Å². The van der Waals surface area contributed by atoms with Gasteiger partial charge in [0.15, 0.2) is 0 Å². The Bertz CT molecular complexity index is 457. The van der Waals surface area contributed by atoms with Crippen molar-refractivity contribution in [3.63, 3.8) is 0 Å². The molecule has 0 amide bonds. The van der Waals surface area contributed by atoms with E-state index in [0.29, 0.717) is 13.2 Å². The Hall–Kier alpha value is -1.51. The molecule has 1 rings (SSSR count). The Morgan fingerprint density at radius 3 is 2.68 bits per heavy atom. The van der Waals surface area contributed by atoms with E-state index in [1.807, 2.05) is 0 Å². The van der Waals surface area contributed by atoms with E-state index >= 15 is 0 Å². The van der Waals surface area contributed by atoms with Gasteiger partial charge in [0.2, 0.25) is 11.1 Å². The number of rotatable bonds is 7. The fourth-order valence-corrected chi connectivity index (χ4v) is 1.69. The molecule has 1 aromatic heterocycles. The van der Waals surface area contributed by atoms with Crippen molar-refractivity contribution in [2.24, 2.45) is 0 Å². The van der Waals surface area contributed by atoms with Crippen LogP contribution in [0.25, 0.3) is 0 Å². The summed E-state index contributed by atoms with van der Waals surface area (Å²) < 4.78 is 10.1. The predicted molar refractivity (Wildman–Crippen MR) is 69.6 cm³/mol. The second-order valence-corrected chi connectivity index (χ2v) is 4.06. The van der Waals surface area contributed by atoms with Gasteiger partial charge >= 0.3 is 5.69 Å². The molecule has 0 aliphatic rings. The van der Waals surface area contributed by atoms with E-state index in [9.17, 15) is 10.1 Å². The highest BCUT2D eigenvalue weighted by molar-refractivity contribution is 6.28. The van der Waals surface area contributed by atoms with Gasteiger partial charge in [-0.25, -0.2) is 4.98 Å². The highest BCUT2D eigenvalue weighted by atomic mass is 35.5. The zero-order valence-electron chi connectivity index (χ0n) is 10.8. The summed E-state index contributed by atoms with van der Waals surface area (Å²) in [5.74, 6) is 0.0700. The first-order valence-electron chi connectivity index (χ1n) is 5.43. The fraction of sp³-hybridized carbons (Fsp3) is 0.600. The molecule has 8 nitrogen and oxygen atoms in total. The number of nitrogens with one attached hydrogen (secondary N) is 1. The molecule has 1 heterocycles. The van der Waals surface area contributed by atoms with Crippen LogP contribution in [0.3, 0.4) is 0 Å². The lowest BCUT2D eigenvalue weighted by atomic mass is 10.3. The van der Waals surface area contributed by atoms with E-state index < -0.39 is 4.92 Å². The highest BCUT2D eigenvalue weighted by Crippen LogP contribution is 2.26. The molecule has 1 N–H and O–H groups in total. The number of halogens is 1. The van der Waals surface area contributed by atoms with Crippen LogP contribution in [-0.4, -0.2) is 48.4 Å². The van der Waals surface area contributed by atoms with E-state index in [4.69, 9.17) is 21.1 Å². The van der Waals surface area contributed by atoms with Gasteiger partial charge in [0.1, 0.15) is 5.69 Å². The molecule has 19 heavy (non-hydrogen) atoms. The van der Waals surface area contributed by atoms with Crippen LogP contribution in [0.2, 0.25) is 5.28 Å². The number of anilines is 1. The third-order valence-corrected chi connectivity index (χ3v) is 2.57. The predicted octanol–water partition coefficient (Wildman–Crippen LogP) is 1.42. The minimum atomic E-state index is -0.549. The van der Waals surface area contributed by atoms with Crippen LogP contribution in [0, 0.1) is 17.0 Å².